The van der Waals surface area contributed by atoms with E-state index < -0.39 is 0 Å². The van der Waals surface area contributed by atoms with Gasteiger partial charge in [0.1, 0.15) is 0 Å². The van der Waals surface area contributed by atoms with Crippen molar-refractivity contribution in [3.63, 3.8) is 0 Å². The second kappa shape index (κ2) is 5.19. The molecule has 0 amide bonds. The number of hydrogen-bond donors (Lipinski definition) is 1. The molecule has 0 spiro atoms. The van der Waals surface area contributed by atoms with Crippen LogP contribution < -0.4 is 5.32 Å². The van der Waals surface area contributed by atoms with Crippen molar-refractivity contribution in [2.45, 2.75) is 19.4 Å². The number of aromatic nitrogens is 2. The van der Waals surface area contributed by atoms with Gasteiger partial charge in [0.2, 0.25) is 0 Å². The first kappa shape index (κ1) is 10.5. The van der Waals surface area contributed by atoms with Gasteiger partial charge >= 0.3 is 0 Å². The van der Waals surface area contributed by atoms with Gasteiger partial charge in [0.25, 0.3) is 0 Å². The molecule has 4 heteroatoms. The Labute approximate surface area is 90.7 Å². The Morgan fingerprint density at radius 3 is 3.07 bits per heavy atom. The van der Waals surface area contributed by atoms with E-state index in [0.29, 0.717) is 6.04 Å². The van der Waals surface area contributed by atoms with Crippen molar-refractivity contribution < 1.29 is 0 Å². The van der Waals surface area contributed by atoms with Gasteiger partial charge in [-0.1, -0.05) is 0 Å². The Balaban J connectivity index is 2.03. The molecule has 1 aliphatic heterocycles. The smallest absolute Gasteiger partial charge is 0.0755 e. The number of hydrogen-bond acceptors (Lipinski definition) is 4. The molecular formula is C11H18N4. The van der Waals surface area contributed by atoms with Gasteiger partial charge in [-0.15, -0.1) is 0 Å². The Kier molecular flexibility index (Phi) is 3.64. The van der Waals surface area contributed by atoms with E-state index >= 15 is 0 Å². The SMILES string of the molecule is CC(c1cnccn1)N1CCCNCC1. The summed E-state index contributed by atoms with van der Waals surface area (Å²) in [5.74, 6) is 0. The zero-order valence-corrected chi connectivity index (χ0v) is 9.19. The van der Waals surface area contributed by atoms with Crippen LogP contribution >= 0.6 is 0 Å². The molecule has 0 aromatic carbocycles. The highest BCUT2D eigenvalue weighted by atomic mass is 15.2. The highest BCUT2D eigenvalue weighted by molar-refractivity contribution is 5.01. The molecule has 1 unspecified atom stereocenters. The van der Waals surface area contributed by atoms with Crippen LogP contribution in [0.15, 0.2) is 18.6 Å². The van der Waals surface area contributed by atoms with E-state index in [-0.39, 0.29) is 0 Å². The van der Waals surface area contributed by atoms with Gasteiger partial charge < -0.3 is 5.32 Å². The molecule has 1 N–H and O–H groups in total. The Hall–Kier alpha value is -1.00. The monoisotopic (exact) mass is 206 g/mol. The molecule has 1 atom stereocenters. The van der Waals surface area contributed by atoms with Crippen molar-refractivity contribution in [2.75, 3.05) is 26.2 Å². The lowest BCUT2D eigenvalue weighted by atomic mass is 10.2. The first-order valence-electron chi connectivity index (χ1n) is 5.58. The third-order valence-electron chi connectivity index (χ3n) is 2.93. The van der Waals surface area contributed by atoms with Crippen LogP contribution in [0, 0.1) is 0 Å². The highest BCUT2D eigenvalue weighted by Crippen LogP contribution is 2.17. The second-order valence-corrected chi connectivity index (χ2v) is 3.95. The summed E-state index contributed by atoms with van der Waals surface area (Å²) in [5, 5.41) is 3.41. The Bertz CT molecular complexity index is 280. The fraction of sp³-hybridized carbons (Fsp3) is 0.636. The molecule has 0 bridgehead atoms. The molecule has 0 saturated carbocycles. The lowest BCUT2D eigenvalue weighted by Crippen LogP contribution is -2.31. The molecule has 1 fully saturated rings. The standard InChI is InChI=1S/C11H18N4/c1-10(11-9-13-4-5-14-11)15-7-2-3-12-6-8-15/h4-5,9-10,12H,2-3,6-8H2,1H3. The van der Waals surface area contributed by atoms with Crippen LogP contribution in [0.3, 0.4) is 0 Å². The Morgan fingerprint density at radius 1 is 1.33 bits per heavy atom. The topological polar surface area (TPSA) is 41.1 Å². The summed E-state index contributed by atoms with van der Waals surface area (Å²) in [6, 6.07) is 0.374. The number of rotatable bonds is 2. The second-order valence-electron chi connectivity index (χ2n) is 3.95. The van der Waals surface area contributed by atoms with Crippen LogP contribution in [-0.4, -0.2) is 41.0 Å². The van der Waals surface area contributed by atoms with Crippen LogP contribution in [0.4, 0.5) is 0 Å². The predicted molar refractivity (Wildman–Crippen MR) is 59.5 cm³/mol. The molecule has 15 heavy (non-hydrogen) atoms. The van der Waals surface area contributed by atoms with Crippen LogP contribution in [0.1, 0.15) is 25.1 Å². The van der Waals surface area contributed by atoms with Crippen LogP contribution in [0.5, 0.6) is 0 Å². The summed E-state index contributed by atoms with van der Waals surface area (Å²) >= 11 is 0. The fourth-order valence-electron chi connectivity index (χ4n) is 1.97. The molecule has 2 rings (SSSR count). The number of nitrogens with zero attached hydrogens (tertiary/aromatic N) is 3. The zero-order chi connectivity index (χ0) is 10.5. The van der Waals surface area contributed by atoms with E-state index in [1.807, 2.05) is 6.20 Å². The van der Waals surface area contributed by atoms with Crippen LogP contribution in [0.2, 0.25) is 0 Å². The summed E-state index contributed by atoms with van der Waals surface area (Å²) < 4.78 is 0. The van der Waals surface area contributed by atoms with Crippen molar-refractivity contribution in [1.29, 1.82) is 0 Å². The molecule has 1 aliphatic rings. The third kappa shape index (κ3) is 2.73. The van der Waals surface area contributed by atoms with Crippen molar-refractivity contribution >= 4 is 0 Å². The molecule has 0 radical (unpaired) electrons. The lowest BCUT2D eigenvalue weighted by Gasteiger charge is -2.26. The average molecular weight is 206 g/mol. The summed E-state index contributed by atoms with van der Waals surface area (Å²) in [4.78, 5) is 10.9. The Morgan fingerprint density at radius 2 is 2.27 bits per heavy atom. The van der Waals surface area contributed by atoms with E-state index in [1.165, 1.54) is 6.42 Å². The van der Waals surface area contributed by atoms with Crippen LogP contribution in [-0.2, 0) is 0 Å². The average Bonchev–Trinajstić information content (AvgIpc) is 2.58. The van der Waals surface area contributed by atoms with Crippen molar-refractivity contribution in [2.24, 2.45) is 0 Å². The van der Waals surface area contributed by atoms with Gasteiger partial charge in [0, 0.05) is 38.2 Å². The quantitative estimate of drug-likeness (QED) is 0.778. The van der Waals surface area contributed by atoms with E-state index in [4.69, 9.17) is 0 Å². The molecule has 1 aromatic rings. The minimum Gasteiger partial charge on any atom is -0.315 e. The summed E-state index contributed by atoms with van der Waals surface area (Å²) in [7, 11) is 0. The fourth-order valence-corrected chi connectivity index (χ4v) is 1.97. The normalized spacial score (nSPS) is 20.9. The maximum Gasteiger partial charge on any atom is 0.0755 e. The van der Waals surface area contributed by atoms with Gasteiger partial charge in [-0.05, 0) is 19.9 Å². The van der Waals surface area contributed by atoms with Crippen molar-refractivity contribution in [3.8, 4) is 0 Å². The molecule has 4 nitrogen and oxygen atoms in total. The first-order valence-corrected chi connectivity index (χ1v) is 5.58. The van der Waals surface area contributed by atoms with Crippen molar-refractivity contribution in [3.05, 3.63) is 24.3 Å². The third-order valence-corrected chi connectivity index (χ3v) is 2.93. The van der Waals surface area contributed by atoms with Gasteiger partial charge in [0.05, 0.1) is 11.7 Å². The van der Waals surface area contributed by atoms with E-state index in [2.05, 4.69) is 27.1 Å². The molecule has 82 valence electrons. The highest BCUT2D eigenvalue weighted by Gasteiger charge is 2.17. The lowest BCUT2D eigenvalue weighted by molar-refractivity contribution is 0.221. The minimum absolute atomic E-state index is 0.374. The minimum atomic E-state index is 0.374. The largest absolute Gasteiger partial charge is 0.315 e. The maximum absolute atomic E-state index is 4.36. The maximum atomic E-state index is 4.36. The predicted octanol–water partition coefficient (Wildman–Crippen LogP) is 0.833. The van der Waals surface area contributed by atoms with Gasteiger partial charge in [-0.3, -0.25) is 14.9 Å². The number of nitrogens with one attached hydrogen (secondary N) is 1. The molecule has 1 aromatic heterocycles. The molecular weight excluding hydrogens is 188 g/mol. The summed E-state index contributed by atoms with van der Waals surface area (Å²) in [6.45, 7) is 6.64. The van der Waals surface area contributed by atoms with E-state index in [1.54, 1.807) is 12.4 Å². The van der Waals surface area contributed by atoms with Gasteiger partial charge in [-0.25, -0.2) is 0 Å². The summed E-state index contributed by atoms with van der Waals surface area (Å²) in [5.41, 5.74) is 1.07. The van der Waals surface area contributed by atoms with Crippen molar-refractivity contribution in [1.82, 2.24) is 20.2 Å². The molecule has 0 aliphatic carbocycles. The first-order chi connectivity index (χ1) is 7.38. The summed E-state index contributed by atoms with van der Waals surface area (Å²) in [6.07, 6.45) is 6.57. The molecule has 1 saturated heterocycles. The van der Waals surface area contributed by atoms with Crippen LogP contribution in [0.25, 0.3) is 0 Å². The van der Waals surface area contributed by atoms with E-state index in [0.717, 1.165) is 31.9 Å². The molecule has 2 heterocycles. The van der Waals surface area contributed by atoms with E-state index in [9.17, 15) is 0 Å². The van der Waals surface area contributed by atoms with Gasteiger partial charge in [-0.2, -0.15) is 0 Å². The van der Waals surface area contributed by atoms with Gasteiger partial charge in [0.15, 0.2) is 0 Å². The zero-order valence-electron chi connectivity index (χ0n) is 9.19.